The molecule has 2 aromatic rings. The van der Waals surface area contributed by atoms with Crippen molar-refractivity contribution in [2.45, 2.75) is 84.2 Å². The van der Waals surface area contributed by atoms with Crippen molar-refractivity contribution in [3.63, 3.8) is 0 Å². The van der Waals surface area contributed by atoms with Gasteiger partial charge in [0.15, 0.2) is 11.6 Å². The van der Waals surface area contributed by atoms with Crippen LogP contribution < -0.4 is 9.47 Å². The van der Waals surface area contributed by atoms with E-state index >= 15 is 0 Å². The Bertz CT molecular complexity index is 677. The molecule has 0 unspecified atom stereocenters. The number of alkyl halides is 1. The van der Waals surface area contributed by atoms with E-state index in [1.165, 1.54) is 25.7 Å². The van der Waals surface area contributed by atoms with Crippen molar-refractivity contribution in [3.8, 4) is 22.9 Å². The lowest BCUT2D eigenvalue weighted by atomic mass is 10.1. The monoisotopic (exact) mass is 416 g/mol. The molecule has 0 N–H and O–H groups in total. The molecule has 4 nitrogen and oxygen atoms in total. The van der Waals surface area contributed by atoms with Crippen LogP contribution in [0.15, 0.2) is 36.7 Å². The molecule has 0 saturated carbocycles. The number of unbranched alkanes of at least 4 members (excludes halogenated alkanes) is 6. The number of hydrogen-bond acceptors (Lipinski definition) is 4. The summed E-state index contributed by atoms with van der Waals surface area (Å²) in [4.78, 5) is 8.80. The van der Waals surface area contributed by atoms with Crippen LogP contribution >= 0.6 is 0 Å². The molecule has 0 aliphatic carbocycles. The first-order chi connectivity index (χ1) is 14.7. The van der Waals surface area contributed by atoms with E-state index in [1.54, 1.807) is 12.4 Å². The number of benzene rings is 1. The lowest BCUT2D eigenvalue weighted by Gasteiger charge is -2.10. The first-order valence-corrected chi connectivity index (χ1v) is 11.5. The summed E-state index contributed by atoms with van der Waals surface area (Å²) >= 11 is 0. The SMILES string of the molecule is CCCCCCCOc1cnc(-c2ccc(OCC[C@H](F)CCCCC)cc2)nc1. The van der Waals surface area contributed by atoms with E-state index < -0.39 is 6.17 Å². The van der Waals surface area contributed by atoms with Gasteiger partial charge in [0.05, 0.1) is 25.6 Å². The van der Waals surface area contributed by atoms with E-state index in [0.29, 0.717) is 37.6 Å². The van der Waals surface area contributed by atoms with Crippen molar-refractivity contribution in [1.29, 1.82) is 0 Å². The van der Waals surface area contributed by atoms with Crippen LogP contribution in [0.5, 0.6) is 11.5 Å². The molecule has 0 aliphatic rings. The third kappa shape index (κ3) is 9.55. The summed E-state index contributed by atoms with van der Waals surface area (Å²) in [5.74, 6) is 2.09. The summed E-state index contributed by atoms with van der Waals surface area (Å²) in [5.41, 5.74) is 0.913. The maximum absolute atomic E-state index is 13.8. The second-order valence-corrected chi connectivity index (χ2v) is 7.76. The average Bonchev–Trinajstić information content (AvgIpc) is 2.77. The first-order valence-electron chi connectivity index (χ1n) is 11.5. The van der Waals surface area contributed by atoms with Gasteiger partial charge in [-0.15, -0.1) is 0 Å². The molecule has 2 rings (SSSR count). The predicted octanol–water partition coefficient (Wildman–Crippen LogP) is 7.18. The maximum atomic E-state index is 13.8. The van der Waals surface area contributed by atoms with E-state index in [-0.39, 0.29) is 0 Å². The van der Waals surface area contributed by atoms with Crippen molar-refractivity contribution in [2.75, 3.05) is 13.2 Å². The second kappa shape index (κ2) is 14.8. The molecule has 0 aliphatic heterocycles. The summed E-state index contributed by atoms with van der Waals surface area (Å²) in [6, 6.07) is 7.60. The fourth-order valence-corrected chi connectivity index (χ4v) is 3.20. The number of ether oxygens (including phenoxy) is 2. The van der Waals surface area contributed by atoms with E-state index in [2.05, 4.69) is 23.8 Å². The van der Waals surface area contributed by atoms with Gasteiger partial charge in [-0.25, -0.2) is 14.4 Å². The van der Waals surface area contributed by atoms with Crippen molar-refractivity contribution in [3.05, 3.63) is 36.7 Å². The van der Waals surface area contributed by atoms with Gasteiger partial charge in [0.2, 0.25) is 0 Å². The van der Waals surface area contributed by atoms with Crippen LogP contribution in [0.3, 0.4) is 0 Å². The van der Waals surface area contributed by atoms with E-state index in [0.717, 1.165) is 37.0 Å². The van der Waals surface area contributed by atoms with Crippen LogP contribution in [0, 0.1) is 0 Å². The Labute approximate surface area is 181 Å². The minimum atomic E-state index is -0.777. The number of halogens is 1. The van der Waals surface area contributed by atoms with Gasteiger partial charge in [0, 0.05) is 12.0 Å². The Morgan fingerprint density at radius 1 is 0.733 bits per heavy atom. The number of aromatic nitrogens is 2. The van der Waals surface area contributed by atoms with Crippen molar-refractivity contribution in [1.82, 2.24) is 9.97 Å². The Balaban J connectivity index is 1.71. The van der Waals surface area contributed by atoms with Gasteiger partial charge in [-0.05, 0) is 37.1 Å². The number of rotatable bonds is 16. The van der Waals surface area contributed by atoms with Gasteiger partial charge in [-0.1, -0.05) is 58.8 Å². The quantitative estimate of drug-likeness (QED) is 0.272. The van der Waals surface area contributed by atoms with E-state index in [4.69, 9.17) is 9.47 Å². The normalized spacial score (nSPS) is 12.0. The topological polar surface area (TPSA) is 44.2 Å². The summed E-state index contributed by atoms with van der Waals surface area (Å²) in [6.07, 6.45) is 13.0. The predicted molar refractivity (Wildman–Crippen MR) is 121 cm³/mol. The average molecular weight is 417 g/mol. The molecule has 1 atom stereocenters. The summed E-state index contributed by atoms with van der Waals surface area (Å²) < 4.78 is 25.2. The molecular weight excluding hydrogens is 379 g/mol. The second-order valence-electron chi connectivity index (χ2n) is 7.76. The fraction of sp³-hybridized carbons (Fsp3) is 0.600. The number of hydrogen-bond donors (Lipinski definition) is 0. The molecule has 0 bridgehead atoms. The summed E-state index contributed by atoms with van der Waals surface area (Å²) in [7, 11) is 0. The van der Waals surface area contributed by atoms with Crippen LogP contribution in [0.4, 0.5) is 4.39 Å². The van der Waals surface area contributed by atoms with Crippen molar-refractivity contribution in [2.24, 2.45) is 0 Å². The lowest BCUT2D eigenvalue weighted by molar-refractivity contribution is 0.223. The molecule has 166 valence electrons. The fourth-order valence-electron chi connectivity index (χ4n) is 3.20. The molecule has 0 fully saturated rings. The Kier molecular flexibility index (Phi) is 11.9. The van der Waals surface area contributed by atoms with Gasteiger partial charge in [-0.2, -0.15) is 0 Å². The number of nitrogens with zero attached hydrogens (tertiary/aromatic N) is 2. The van der Waals surface area contributed by atoms with Crippen LogP contribution in [0.25, 0.3) is 11.4 Å². The van der Waals surface area contributed by atoms with E-state index in [1.807, 2.05) is 24.3 Å². The van der Waals surface area contributed by atoms with Crippen LogP contribution in [-0.4, -0.2) is 29.4 Å². The molecule has 0 saturated heterocycles. The highest BCUT2D eigenvalue weighted by Crippen LogP contribution is 2.21. The zero-order valence-electron chi connectivity index (χ0n) is 18.6. The summed E-state index contributed by atoms with van der Waals surface area (Å²) in [6.45, 7) is 5.45. The van der Waals surface area contributed by atoms with Gasteiger partial charge >= 0.3 is 0 Å². The zero-order chi connectivity index (χ0) is 21.4. The molecule has 1 heterocycles. The van der Waals surface area contributed by atoms with Gasteiger partial charge in [0.25, 0.3) is 0 Å². The Hall–Kier alpha value is -2.17. The Morgan fingerprint density at radius 2 is 1.37 bits per heavy atom. The third-order valence-corrected chi connectivity index (χ3v) is 5.08. The molecule has 30 heavy (non-hydrogen) atoms. The largest absolute Gasteiger partial charge is 0.493 e. The Morgan fingerprint density at radius 3 is 2.07 bits per heavy atom. The van der Waals surface area contributed by atoms with Crippen LogP contribution in [-0.2, 0) is 0 Å². The summed E-state index contributed by atoms with van der Waals surface area (Å²) in [5, 5.41) is 0. The minimum absolute atomic E-state index is 0.396. The van der Waals surface area contributed by atoms with Crippen molar-refractivity contribution >= 4 is 0 Å². The molecule has 5 heteroatoms. The molecule has 1 aromatic carbocycles. The van der Waals surface area contributed by atoms with Crippen molar-refractivity contribution < 1.29 is 13.9 Å². The van der Waals surface area contributed by atoms with Crippen LogP contribution in [0.1, 0.15) is 78.1 Å². The highest BCUT2D eigenvalue weighted by molar-refractivity contribution is 5.56. The lowest BCUT2D eigenvalue weighted by Crippen LogP contribution is -2.07. The highest BCUT2D eigenvalue weighted by atomic mass is 19.1. The van der Waals surface area contributed by atoms with Crippen LogP contribution in [0.2, 0.25) is 0 Å². The van der Waals surface area contributed by atoms with Gasteiger partial charge in [0.1, 0.15) is 11.9 Å². The van der Waals surface area contributed by atoms with E-state index in [9.17, 15) is 4.39 Å². The standard InChI is InChI=1S/C25H37FN2O2/c1-3-5-7-8-10-17-29-24-19-27-25(28-20-24)21-12-14-23(15-13-21)30-18-16-22(26)11-9-6-4-2/h12-15,19-20,22H,3-11,16-18H2,1-2H3/t22-/m1/s1. The van der Waals surface area contributed by atoms with Gasteiger partial charge in [-0.3, -0.25) is 0 Å². The molecule has 1 aromatic heterocycles. The minimum Gasteiger partial charge on any atom is -0.493 e. The molecule has 0 amide bonds. The smallest absolute Gasteiger partial charge is 0.159 e. The molecule has 0 spiro atoms. The molecule has 0 radical (unpaired) electrons. The highest BCUT2D eigenvalue weighted by Gasteiger charge is 2.07. The first kappa shape index (κ1) is 24.1. The maximum Gasteiger partial charge on any atom is 0.159 e. The van der Waals surface area contributed by atoms with Gasteiger partial charge < -0.3 is 9.47 Å². The zero-order valence-corrected chi connectivity index (χ0v) is 18.6. The third-order valence-electron chi connectivity index (χ3n) is 5.08. The molecular formula is C25H37FN2O2.